The first-order valence-corrected chi connectivity index (χ1v) is 11.4. The topological polar surface area (TPSA) is 95.1 Å². The van der Waals surface area contributed by atoms with Crippen molar-refractivity contribution in [3.8, 4) is 0 Å². The summed E-state index contributed by atoms with van der Waals surface area (Å²) in [4.78, 5) is 24.0. The molecule has 8 heteroatoms. The zero-order valence-electron chi connectivity index (χ0n) is 17.7. The van der Waals surface area contributed by atoms with Gasteiger partial charge in [0, 0.05) is 50.9 Å². The SMILES string of the molecule is O=C(/C=C/C(=O)NC[C@H]1COC2(CCCCC2)O1)NC[C@H]1COC2(CCCCC2)O1. The summed E-state index contributed by atoms with van der Waals surface area (Å²) in [5.74, 6) is -1.52. The minimum Gasteiger partial charge on any atom is -0.350 e. The molecule has 0 unspecified atom stereocenters. The summed E-state index contributed by atoms with van der Waals surface area (Å²) in [6.45, 7) is 1.74. The first-order valence-electron chi connectivity index (χ1n) is 11.4. The average Bonchev–Trinajstić information content (AvgIpc) is 3.34. The highest BCUT2D eigenvalue weighted by Gasteiger charge is 2.43. The second-order valence-corrected chi connectivity index (χ2v) is 8.87. The van der Waals surface area contributed by atoms with Crippen LogP contribution in [0.3, 0.4) is 0 Å². The van der Waals surface area contributed by atoms with Crippen molar-refractivity contribution in [2.45, 2.75) is 88.0 Å². The number of carbonyl (C=O) groups excluding carboxylic acids is 2. The molecule has 8 nitrogen and oxygen atoms in total. The lowest BCUT2D eigenvalue weighted by Gasteiger charge is -2.31. The van der Waals surface area contributed by atoms with Gasteiger partial charge in [-0.15, -0.1) is 0 Å². The van der Waals surface area contributed by atoms with Gasteiger partial charge in [-0.2, -0.15) is 0 Å². The molecule has 0 bridgehead atoms. The number of nitrogens with one attached hydrogen (secondary N) is 2. The number of amides is 2. The van der Waals surface area contributed by atoms with Crippen LogP contribution in [-0.4, -0.2) is 61.9 Å². The summed E-state index contributed by atoms with van der Waals surface area (Å²) >= 11 is 0. The van der Waals surface area contributed by atoms with E-state index in [-0.39, 0.29) is 24.0 Å². The molecule has 168 valence electrons. The van der Waals surface area contributed by atoms with E-state index in [1.807, 2.05) is 0 Å². The van der Waals surface area contributed by atoms with Crippen molar-refractivity contribution in [3.05, 3.63) is 12.2 Å². The van der Waals surface area contributed by atoms with Gasteiger partial charge in [0.15, 0.2) is 11.6 Å². The number of hydrogen-bond acceptors (Lipinski definition) is 6. The average molecular weight is 423 g/mol. The molecular weight excluding hydrogens is 388 g/mol. The molecule has 2 N–H and O–H groups in total. The Balaban J connectivity index is 1.11. The quantitative estimate of drug-likeness (QED) is 0.635. The molecule has 2 amide bonds. The summed E-state index contributed by atoms with van der Waals surface area (Å²) in [5, 5.41) is 5.57. The second-order valence-electron chi connectivity index (χ2n) is 8.87. The molecule has 4 rings (SSSR count). The van der Waals surface area contributed by atoms with E-state index >= 15 is 0 Å². The largest absolute Gasteiger partial charge is 0.350 e. The van der Waals surface area contributed by atoms with Crippen LogP contribution in [0.2, 0.25) is 0 Å². The summed E-state index contributed by atoms with van der Waals surface area (Å²) in [7, 11) is 0. The van der Waals surface area contributed by atoms with Crippen LogP contribution in [0.4, 0.5) is 0 Å². The molecule has 2 saturated heterocycles. The fraction of sp³-hybridized carbons (Fsp3) is 0.818. The van der Waals surface area contributed by atoms with Crippen LogP contribution < -0.4 is 10.6 Å². The first-order chi connectivity index (χ1) is 14.6. The third-order valence-electron chi connectivity index (χ3n) is 6.45. The van der Waals surface area contributed by atoms with E-state index in [4.69, 9.17) is 18.9 Å². The van der Waals surface area contributed by atoms with Gasteiger partial charge in [0.2, 0.25) is 11.8 Å². The van der Waals surface area contributed by atoms with Crippen molar-refractivity contribution in [2.75, 3.05) is 26.3 Å². The molecule has 30 heavy (non-hydrogen) atoms. The molecule has 0 aromatic rings. The lowest BCUT2D eigenvalue weighted by atomic mass is 9.94. The predicted molar refractivity (Wildman–Crippen MR) is 108 cm³/mol. The van der Waals surface area contributed by atoms with Crippen LogP contribution in [-0.2, 0) is 28.5 Å². The van der Waals surface area contributed by atoms with E-state index < -0.39 is 11.6 Å². The van der Waals surface area contributed by atoms with Crippen molar-refractivity contribution < 1.29 is 28.5 Å². The van der Waals surface area contributed by atoms with E-state index in [9.17, 15) is 9.59 Å². The van der Waals surface area contributed by atoms with Gasteiger partial charge in [0.05, 0.1) is 13.2 Å². The van der Waals surface area contributed by atoms with Crippen molar-refractivity contribution in [1.82, 2.24) is 10.6 Å². The highest BCUT2D eigenvalue weighted by Crippen LogP contribution is 2.38. The number of rotatable bonds is 6. The molecule has 4 fully saturated rings. The maximum atomic E-state index is 12.0. The summed E-state index contributed by atoms with van der Waals surface area (Å²) in [6.07, 6.45) is 12.9. The molecule has 0 radical (unpaired) electrons. The summed E-state index contributed by atoms with van der Waals surface area (Å²) in [6, 6.07) is 0. The van der Waals surface area contributed by atoms with Crippen LogP contribution >= 0.6 is 0 Å². The van der Waals surface area contributed by atoms with Crippen LogP contribution in [0.15, 0.2) is 12.2 Å². The van der Waals surface area contributed by atoms with E-state index in [1.54, 1.807) is 0 Å². The Morgan fingerprint density at radius 1 is 0.700 bits per heavy atom. The monoisotopic (exact) mass is 422 g/mol. The zero-order chi connectivity index (χ0) is 20.9. The number of hydrogen-bond donors (Lipinski definition) is 2. The minimum absolute atomic E-state index is 0.138. The maximum absolute atomic E-state index is 12.0. The van der Waals surface area contributed by atoms with E-state index in [2.05, 4.69) is 10.6 Å². The third-order valence-corrected chi connectivity index (χ3v) is 6.45. The lowest BCUT2D eigenvalue weighted by molar-refractivity contribution is -0.186. The summed E-state index contributed by atoms with van der Waals surface area (Å²) < 4.78 is 23.8. The standard InChI is InChI=1S/C22H34N2O6/c25-19(23-13-17-15-27-21(29-17)9-3-1-4-10-21)7-8-20(26)24-14-18-16-28-22(30-18)11-5-2-6-12-22/h7-8,17-18H,1-6,9-16H2,(H,23,25)(H,24,26)/b8-7+/t17-,18-/m0/s1. The fourth-order valence-electron chi connectivity index (χ4n) is 4.84. The minimum atomic E-state index is -0.439. The smallest absolute Gasteiger partial charge is 0.244 e. The molecule has 2 saturated carbocycles. The molecule has 2 atom stereocenters. The molecule has 2 heterocycles. The van der Waals surface area contributed by atoms with E-state index in [0.717, 1.165) is 51.4 Å². The van der Waals surface area contributed by atoms with Gasteiger partial charge in [0.1, 0.15) is 12.2 Å². The van der Waals surface area contributed by atoms with Crippen LogP contribution in [0.25, 0.3) is 0 Å². The summed E-state index contributed by atoms with van der Waals surface area (Å²) in [5.41, 5.74) is 0. The number of ether oxygens (including phenoxy) is 4. The second kappa shape index (κ2) is 9.77. The van der Waals surface area contributed by atoms with Gasteiger partial charge in [0.25, 0.3) is 0 Å². The van der Waals surface area contributed by atoms with E-state index in [1.165, 1.54) is 25.0 Å². The van der Waals surface area contributed by atoms with Crippen LogP contribution in [0.5, 0.6) is 0 Å². The fourth-order valence-corrected chi connectivity index (χ4v) is 4.84. The highest BCUT2D eigenvalue weighted by atomic mass is 16.7. The first kappa shape index (κ1) is 21.7. The lowest BCUT2D eigenvalue weighted by Crippen LogP contribution is -2.37. The predicted octanol–water partition coefficient (Wildman–Crippen LogP) is 1.93. The zero-order valence-corrected chi connectivity index (χ0v) is 17.7. The van der Waals surface area contributed by atoms with Gasteiger partial charge in [-0.05, 0) is 25.7 Å². The molecule has 0 aromatic heterocycles. The van der Waals surface area contributed by atoms with Crippen molar-refractivity contribution in [2.24, 2.45) is 0 Å². The van der Waals surface area contributed by atoms with Crippen molar-refractivity contribution in [3.63, 3.8) is 0 Å². The number of carbonyl (C=O) groups is 2. The molecular formula is C22H34N2O6. The third kappa shape index (κ3) is 5.60. The Morgan fingerprint density at radius 2 is 1.10 bits per heavy atom. The van der Waals surface area contributed by atoms with Crippen LogP contribution in [0.1, 0.15) is 64.2 Å². The molecule has 4 aliphatic rings. The Morgan fingerprint density at radius 3 is 1.50 bits per heavy atom. The molecule has 2 spiro atoms. The Labute approximate surface area is 178 Å². The van der Waals surface area contributed by atoms with Gasteiger partial charge in [-0.25, -0.2) is 0 Å². The van der Waals surface area contributed by atoms with Gasteiger partial charge < -0.3 is 29.6 Å². The van der Waals surface area contributed by atoms with E-state index in [0.29, 0.717) is 26.3 Å². The Bertz CT molecular complexity index is 586. The molecule has 0 aromatic carbocycles. The van der Waals surface area contributed by atoms with Gasteiger partial charge in [-0.1, -0.05) is 12.8 Å². The molecule has 2 aliphatic carbocycles. The maximum Gasteiger partial charge on any atom is 0.244 e. The van der Waals surface area contributed by atoms with Crippen molar-refractivity contribution >= 4 is 11.8 Å². The highest BCUT2D eigenvalue weighted by molar-refractivity contribution is 5.96. The Kier molecular flexibility index (Phi) is 7.08. The van der Waals surface area contributed by atoms with Crippen LogP contribution in [0, 0.1) is 0 Å². The molecule has 2 aliphatic heterocycles. The Hall–Kier alpha value is -1.48. The van der Waals surface area contributed by atoms with Crippen molar-refractivity contribution in [1.29, 1.82) is 0 Å². The van der Waals surface area contributed by atoms with Gasteiger partial charge in [-0.3, -0.25) is 9.59 Å². The normalized spacial score (nSPS) is 30.1. The van der Waals surface area contributed by atoms with Gasteiger partial charge >= 0.3 is 0 Å².